The van der Waals surface area contributed by atoms with E-state index >= 15 is 0 Å². The van der Waals surface area contributed by atoms with E-state index < -0.39 is 0 Å². The van der Waals surface area contributed by atoms with Crippen molar-refractivity contribution in [1.82, 2.24) is 10.6 Å². The van der Waals surface area contributed by atoms with Crippen molar-refractivity contribution >= 4 is 11.8 Å². The van der Waals surface area contributed by atoms with Gasteiger partial charge in [0.05, 0.1) is 13.1 Å². The molecular weight excluding hydrogens is 196 g/mol. The van der Waals surface area contributed by atoms with Crippen molar-refractivity contribution in [3.8, 4) is 0 Å². The van der Waals surface area contributed by atoms with Crippen LogP contribution in [0.25, 0.3) is 0 Å². The number of carbonyl (C=O) groups excluding carboxylic acids is 2. The van der Waals surface area contributed by atoms with E-state index in [1.165, 1.54) is 0 Å². The first kappa shape index (κ1) is 13.9. The lowest BCUT2D eigenvalue weighted by Crippen LogP contribution is -2.32. The number of rotatable bonds is 8. The van der Waals surface area contributed by atoms with Crippen LogP contribution in [0.4, 0.5) is 0 Å². The van der Waals surface area contributed by atoms with E-state index in [1.807, 2.05) is 0 Å². The van der Waals surface area contributed by atoms with Crippen LogP contribution in [0.1, 0.15) is 19.3 Å². The Labute approximate surface area is 89.8 Å². The maximum absolute atomic E-state index is 10.7. The second kappa shape index (κ2) is 9.42. The molecule has 0 atom stereocenters. The molecule has 0 aliphatic heterocycles. The molecule has 0 aromatic carbocycles. The van der Waals surface area contributed by atoms with Gasteiger partial charge in [-0.05, 0) is 19.3 Å². The van der Waals surface area contributed by atoms with E-state index in [1.54, 1.807) is 0 Å². The summed E-state index contributed by atoms with van der Waals surface area (Å²) in [6, 6.07) is 0. The third-order valence-electron chi connectivity index (χ3n) is 1.87. The van der Waals surface area contributed by atoms with Gasteiger partial charge in [0.15, 0.2) is 0 Å². The summed E-state index contributed by atoms with van der Waals surface area (Å²) in [6.07, 6.45) is 2.74. The number of amides is 2. The molecule has 6 heteroatoms. The Bertz CT molecular complexity index is 177. The van der Waals surface area contributed by atoms with Crippen LogP contribution in [0.3, 0.4) is 0 Å². The summed E-state index contributed by atoms with van der Waals surface area (Å²) in [5, 5.41) is 5.34. The van der Waals surface area contributed by atoms with Crippen molar-refractivity contribution in [1.29, 1.82) is 0 Å². The molecule has 0 aromatic heterocycles. The van der Waals surface area contributed by atoms with Gasteiger partial charge in [-0.2, -0.15) is 0 Å². The lowest BCUT2D eigenvalue weighted by Gasteiger charge is -2.04. The van der Waals surface area contributed by atoms with Gasteiger partial charge in [-0.25, -0.2) is 0 Å². The molecule has 6 N–H and O–H groups in total. The Kier molecular flexibility index (Phi) is 8.70. The first-order valence-electron chi connectivity index (χ1n) is 5.14. The molecule has 0 aliphatic rings. The van der Waals surface area contributed by atoms with Gasteiger partial charge in [0, 0.05) is 13.1 Å². The standard InChI is InChI=1S/C9H20N4O2/c10-6-8(14)12-4-2-1-3-5-13-9(15)7-11/h1-7,10-11H2,(H,12,14)(H,13,15). The fourth-order valence-corrected chi connectivity index (χ4v) is 1.03. The summed E-state index contributed by atoms with van der Waals surface area (Å²) in [5.74, 6) is -0.266. The van der Waals surface area contributed by atoms with Crippen molar-refractivity contribution in [2.24, 2.45) is 11.5 Å². The minimum Gasteiger partial charge on any atom is -0.355 e. The van der Waals surface area contributed by atoms with Gasteiger partial charge < -0.3 is 22.1 Å². The Hall–Kier alpha value is -1.14. The smallest absolute Gasteiger partial charge is 0.233 e. The number of carbonyl (C=O) groups is 2. The number of hydrogen-bond donors (Lipinski definition) is 4. The highest BCUT2D eigenvalue weighted by Crippen LogP contribution is 1.91. The van der Waals surface area contributed by atoms with Crippen LogP contribution >= 0.6 is 0 Å². The molecule has 15 heavy (non-hydrogen) atoms. The highest BCUT2D eigenvalue weighted by molar-refractivity contribution is 5.77. The first-order chi connectivity index (χ1) is 7.20. The second-order valence-electron chi connectivity index (χ2n) is 3.17. The molecular formula is C9H20N4O2. The second-order valence-corrected chi connectivity index (χ2v) is 3.17. The molecule has 0 rings (SSSR count). The summed E-state index contributed by atoms with van der Waals surface area (Å²) in [7, 11) is 0. The first-order valence-corrected chi connectivity index (χ1v) is 5.14. The fourth-order valence-electron chi connectivity index (χ4n) is 1.03. The zero-order valence-electron chi connectivity index (χ0n) is 8.92. The molecule has 0 radical (unpaired) electrons. The van der Waals surface area contributed by atoms with Crippen LogP contribution in [0.2, 0.25) is 0 Å². The van der Waals surface area contributed by atoms with Crippen LogP contribution < -0.4 is 22.1 Å². The molecule has 6 nitrogen and oxygen atoms in total. The maximum atomic E-state index is 10.7. The van der Waals surface area contributed by atoms with Crippen LogP contribution in [-0.2, 0) is 9.59 Å². The summed E-state index contributed by atoms with van der Waals surface area (Å²) >= 11 is 0. The van der Waals surface area contributed by atoms with Gasteiger partial charge in [-0.3, -0.25) is 9.59 Å². The van der Waals surface area contributed by atoms with Crippen molar-refractivity contribution in [3.63, 3.8) is 0 Å². The average molecular weight is 216 g/mol. The van der Waals surface area contributed by atoms with E-state index in [4.69, 9.17) is 11.5 Å². The molecule has 0 fully saturated rings. The molecule has 2 amide bonds. The normalized spacial score (nSPS) is 9.73. The van der Waals surface area contributed by atoms with E-state index in [0.29, 0.717) is 13.1 Å². The number of hydrogen-bond acceptors (Lipinski definition) is 4. The van der Waals surface area contributed by atoms with Crippen molar-refractivity contribution in [2.45, 2.75) is 19.3 Å². The number of nitrogens with one attached hydrogen (secondary N) is 2. The van der Waals surface area contributed by atoms with Crippen LogP contribution in [0.5, 0.6) is 0 Å². The fraction of sp³-hybridized carbons (Fsp3) is 0.778. The number of unbranched alkanes of at least 4 members (excludes halogenated alkanes) is 2. The zero-order valence-corrected chi connectivity index (χ0v) is 8.92. The predicted molar refractivity (Wildman–Crippen MR) is 58.0 cm³/mol. The predicted octanol–water partition coefficient (Wildman–Crippen LogP) is -1.69. The highest BCUT2D eigenvalue weighted by atomic mass is 16.2. The Morgan fingerprint density at radius 3 is 1.53 bits per heavy atom. The largest absolute Gasteiger partial charge is 0.355 e. The molecule has 0 spiro atoms. The Morgan fingerprint density at radius 1 is 0.800 bits per heavy atom. The molecule has 0 saturated heterocycles. The van der Waals surface area contributed by atoms with Gasteiger partial charge in [0.2, 0.25) is 11.8 Å². The van der Waals surface area contributed by atoms with Gasteiger partial charge in [-0.15, -0.1) is 0 Å². The van der Waals surface area contributed by atoms with Crippen molar-refractivity contribution < 1.29 is 9.59 Å². The molecule has 88 valence electrons. The van der Waals surface area contributed by atoms with Gasteiger partial charge in [0.1, 0.15) is 0 Å². The van der Waals surface area contributed by atoms with Crippen molar-refractivity contribution in [2.75, 3.05) is 26.2 Å². The molecule has 0 aliphatic carbocycles. The topological polar surface area (TPSA) is 110 Å². The molecule has 0 heterocycles. The maximum Gasteiger partial charge on any atom is 0.233 e. The van der Waals surface area contributed by atoms with E-state index in [2.05, 4.69) is 10.6 Å². The summed E-state index contributed by atoms with van der Waals surface area (Å²) in [6.45, 7) is 1.35. The molecule has 0 aromatic rings. The molecule has 0 bridgehead atoms. The van der Waals surface area contributed by atoms with Gasteiger partial charge in [-0.1, -0.05) is 0 Å². The minimum atomic E-state index is -0.133. The van der Waals surface area contributed by atoms with Gasteiger partial charge in [0.25, 0.3) is 0 Å². The monoisotopic (exact) mass is 216 g/mol. The minimum absolute atomic E-state index is 0.0343. The summed E-state index contributed by atoms with van der Waals surface area (Å²) in [4.78, 5) is 21.4. The van der Waals surface area contributed by atoms with E-state index in [-0.39, 0.29) is 24.9 Å². The van der Waals surface area contributed by atoms with Crippen LogP contribution in [0, 0.1) is 0 Å². The zero-order chi connectivity index (χ0) is 11.5. The van der Waals surface area contributed by atoms with Gasteiger partial charge >= 0.3 is 0 Å². The Morgan fingerprint density at radius 2 is 1.20 bits per heavy atom. The van der Waals surface area contributed by atoms with Crippen molar-refractivity contribution in [3.05, 3.63) is 0 Å². The third kappa shape index (κ3) is 9.17. The van der Waals surface area contributed by atoms with Crippen LogP contribution in [0.15, 0.2) is 0 Å². The quantitative estimate of drug-likeness (QED) is 0.363. The lowest BCUT2D eigenvalue weighted by atomic mass is 10.2. The average Bonchev–Trinajstić information content (AvgIpc) is 2.26. The lowest BCUT2D eigenvalue weighted by molar-refractivity contribution is -0.120. The number of nitrogens with two attached hydrogens (primary N) is 2. The highest BCUT2D eigenvalue weighted by Gasteiger charge is 1.97. The van der Waals surface area contributed by atoms with E-state index in [9.17, 15) is 9.59 Å². The van der Waals surface area contributed by atoms with Crippen LogP contribution in [-0.4, -0.2) is 38.0 Å². The SMILES string of the molecule is NCC(=O)NCCCCCNC(=O)CN. The third-order valence-corrected chi connectivity index (χ3v) is 1.87. The summed E-state index contributed by atoms with van der Waals surface area (Å²) in [5.41, 5.74) is 10.2. The Balaban J connectivity index is 3.11. The summed E-state index contributed by atoms with van der Waals surface area (Å²) < 4.78 is 0. The molecule has 0 unspecified atom stereocenters. The molecule has 0 saturated carbocycles. The van der Waals surface area contributed by atoms with E-state index in [0.717, 1.165) is 19.3 Å².